The first-order chi connectivity index (χ1) is 9.63. The molecule has 0 amide bonds. The summed E-state index contributed by atoms with van der Waals surface area (Å²) in [4.78, 5) is 11.8. The molecule has 3 heteroatoms. The van der Waals surface area contributed by atoms with Crippen LogP contribution in [-0.2, 0) is 22.4 Å². The molecular formula is C18H26O3. The van der Waals surface area contributed by atoms with Crippen molar-refractivity contribution in [2.45, 2.75) is 59.8 Å². The number of hydrogen-bond acceptors (Lipinski definition) is 3. The van der Waals surface area contributed by atoms with Crippen LogP contribution in [0.2, 0.25) is 0 Å². The normalized spacial score (nSPS) is 18.5. The van der Waals surface area contributed by atoms with E-state index < -0.39 is 0 Å². The Kier molecular flexibility index (Phi) is 4.60. The molecule has 1 aromatic carbocycles. The van der Waals surface area contributed by atoms with Gasteiger partial charge in [0.15, 0.2) is 0 Å². The third-order valence-corrected chi connectivity index (χ3v) is 4.75. The fourth-order valence-electron chi connectivity index (χ4n) is 3.73. The lowest BCUT2D eigenvalue weighted by Gasteiger charge is -2.18. The smallest absolute Gasteiger partial charge is 0.306 e. The van der Waals surface area contributed by atoms with Crippen LogP contribution in [0.15, 0.2) is 0 Å². The van der Waals surface area contributed by atoms with Gasteiger partial charge in [0.25, 0.3) is 0 Å². The van der Waals surface area contributed by atoms with E-state index in [2.05, 4.69) is 13.8 Å². The Bertz CT molecular complexity index is 560. The van der Waals surface area contributed by atoms with Crippen LogP contribution in [0.5, 0.6) is 5.75 Å². The Hall–Kier alpha value is -1.51. The summed E-state index contributed by atoms with van der Waals surface area (Å²) in [5, 5.41) is 0. The van der Waals surface area contributed by atoms with Gasteiger partial charge in [-0.1, -0.05) is 7.43 Å². The van der Waals surface area contributed by atoms with Crippen molar-refractivity contribution < 1.29 is 14.3 Å². The number of carbonyl (C=O) groups is 1. The number of rotatable bonds is 3. The van der Waals surface area contributed by atoms with E-state index in [1.165, 1.54) is 27.8 Å². The van der Waals surface area contributed by atoms with Crippen molar-refractivity contribution in [2.24, 2.45) is 0 Å². The minimum atomic E-state index is -0.0729. The average Bonchev–Trinajstić information content (AvgIpc) is 3.02. The van der Waals surface area contributed by atoms with Crippen LogP contribution >= 0.6 is 0 Å². The van der Waals surface area contributed by atoms with Gasteiger partial charge in [0.2, 0.25) is 0 Å². The summed E-state index contributed by atoms with van der Waals surface area (Å²) in [6.45, 7) is 7.44. The third-order valence-electron chi connectivity index (χ3n) is 4.75. The Morgan fingerprint density at radius 3 is 2.71 bits per heavy atom. The maximum absolute atomic E-state index is 11.8. The van der Waals surface area contributed by atoms with Gasteiger partial charge in [0.05, 0.1) is 19.6 Å². The first kappa shape index (κ1) is 15.9. The standard InChI is InChI=1S/C17H22O3.CH4/c1-4-19-15(18)9-12-5-6-13-10(2)11(3)17-14(16(12)13)7-8-20-17;/h12H,4-9H2,1-3H3;1H4. The summed E-state index contributed by atoms with van der Waals surface area (Å²) in [6.07, 6.45) is 3.64. The van der Waals surface area contributed by atoms with Crippen molar-refractivity contribution >= 4 is 5.97 Å². The van der Waals surface area contributed by atoms with Crippen molar-refractivity contribution in [1.29, 1.82) is 0 Å². The molecule has 1 unspecified atom stereocenters. The molecule has 21 heavy (non-hydrogen) atoms. The van der Waals surface area contributed by atoms with Gasteiger partial charge in [-0.3, -0.25) is 4.79 Å². The van der Waals surface area contributed by atoms with Crippen LogP contribution in [0.3, 0.4) is 0 Å². The van der Waals surface area contributed by atoms with E-state index in [0.717, 1.165) is 31.6 Å². The van der Waals surface area contributed by atoms with Gasteiger partial charge in [-0.05, 0) is 61.8 Å². The summed E-state index contributed by atoms with van der Waals surface area (Å²) >= 11 is 0. The Balaban J connectivity index is 0.00000161. The van der Waals surface area contributed by atoms with Crippen LogP contribution in [-0.4, -0.2) is 19.2 Å². The van der Waals surface area contributed by atoms with Crippen molar-refractivity contribution in [3.63, 3.8) is 0 Å². The van der Waals surface area contributed by atoms with Crippen molar-refractivity contribution in [3.05, 3.63) is 27.8 Å². The number of esters is 1. The molecule has 3 nitrogen and oxygen atoms in total. The van der Waals surface area contributed by atoms with Gasteiger partial charge in [0, 0.05) is 12.0 Å². The van der Waals surface area contributed by atoms with E-state index in [9.17, 15) is 4.79 Å². The van der Waals surface area contributed by atoms with E-state index in [4.69, 9.17) is 9.47 Å². The van der Waals surface area contributed by atoms with Crippen LogP contribution < -0.4 is 4.74 Å². The second-order valence-electron chi connectivity index (χ2n) is 5.79. The van der Waals surface area contributed by atoms with E-state index >= 15 is 0 Å². The quantitative estimate of drug-likeness (QED) is 0.793. The lowest BCUT2D eigenvalue weighted by atomic mass is 9.88. The topological polar surface area (TPSA) is 35.5 Å². The van der Waals surface area contributed by atoms with Crippen molar-refractivity contribution in [2.75, 3.05) is 13.2 Å². The monoisotopic (exact) mass is 290 g/mol. The molecule has 1 aromatic rings. The Morgan fingerprint density at radius 1 is 1.24 bits per heavy atom. The van der Waals surface area contributed by atoms with Gasteiger partial charge >= 0.3 is 5.97 Å². The van der Waals surface area contributed by atoms with Crippen LogP contribution in [0, 0.1) is 13.8 Å². The first-order valence-electron chi connectivity index (χ1n) is 7.56. The molecule has 0 radical (unpaired) electrons. The highest BCUT2D eigenvalue weighted by molar-refractivity contribution is 5.72. The maximum atomic E-state index is 11.8. The van der Waals surface area contributed by atoms with E-state index in [-0.39, 0.29) is 13.4 Å². The predicted molar refractivity (Wildman–Crippen MR) is 84.2 cm³/mol. The van der Waals surface area contributed by atoms with E-state index in [1.54, 1.807) is 0 Å². The Morgan fingerprint density at radius 2 is 2.00 bits per heavy atom. The van der Waals surface area contributed by atoms with Gasteiger partial charge < -0.3 is 9.47 Å². The van der Waals surface area contributed by atoms with E-state index in [1.807, 2.05) is 6.92 Å². The molecule has 3 rings (SSSR count). The van der Waals surface area contributed by atoms with Gasteiger partial charge in [-0.15, -0.1) is 0 Å². The minimum Gasteiger partial charge on any atom is -0.493 e. The largest absolute Gasteiger partial charge is 0.493 e. The van der Waals surface area contributed by atoms with Crippen LogP contribution in [0.1, 0.15) is 60.9 Å². The molecule has 0 saturated heterocycles. The molecule has 116 valence electrons. The second kappa shape index (κ2) is 6.08. The molecule has 0 N–H and O–H groups in total. The zero-order valence-corrected chi connectivity index (χ0v) is 12.5. The first-order valence-corrected chi connectivity index (χ1v) is 7.56. The van der Waals surface area contributed by atoms with Gasteiger partial charge in [0.1, 0.15) is 5.75 Å². The number of carbonyl (C=O) groups excluding carboxylic acids is 1. The molecule has 1 heterocycles. The maximum Gasteiger partial charge on any atom is 0.306 e. The molecule has 1 aliphatic carbocycles. The number of benzene rings is 1. The summed E-state index contributed by atoms with van der Waals surface area (Å²) < 4.78 is 10.9. The molecule has 1 aliphatic heterocycles. The fourth-order valence-corrected chi connectivity index (χ4v) is 3.73. The molecule has 0 saturated carbocycles. The van der Waals surface area contributed by atoms with Crippen LogP contribution in [0.25, 0.3) is 0 Å². The average molecular weight is 290 g/mol. The zero-order valence-electron chi connectivity index (χ0n) is 12.5. The molecule has 0 spiro atoms. The molecule has 1 atom stereocenters. The predicted octanol–water partition coefficient (Wildman–Crippen LogP) is 3.86. The minimum absolute atomic E-state index is 0. The number of fused-ring (bicyclic) bond motifs is 3. The summed E-state index contributed by atoms with van der Waals surface area (Å²) in [7, 11) is 0. The van der Waals surface area contributed by atoms with Crippen LogP contribution in [0.4, 0.5) is 0 Å². The molecule has 0 aromatic heterocycles. The summed E-state index contributed by atoms with van der Waals surface area (Å²) in [5.74, 6) is 1.33. The highest BCUT2D eigenvalue weighted by Crippen LogP contribution is 2.46. The second-order valence-corrected chi connectivity index (χ2v) is 5.79. The molecular weight excluding hydrogens is 264 g/mol. The highest BCUT2D eigenvalue weighted by Gasteiger charge is 2.33. The lowest BCUT2D eigenvalue weighted by molar-refractivity contribution is -0.143. The summed E-state index contributed by atoms with van der Waals surface area (Å²) in [5.41, 5.74) is 6.85. The lowest BCUT2D eigenvalue weighted by Crippen LogP contribution is -2.10. The fraction of sp³-hybridized carbons (Fsp3) is 0.611. The van der Waals surface area contributed by atoms with Gasteiger partial charge in [-0.25, -0.2) is 0 Å². The number of hydrogen-bond donors (Lipinski definition) is 0. The van der Waals surface area contributed by atoms with Gasteiger partial charge in [-0.2, -0.15) is 0 Å². The molecule has 0 fully saturated rings. The van der Waals surface area contributed by atoms with Crippen molar-refractivity contribution in [3.8, 4) is 5.75 Å². The highest BCUT2D eigenvalue weighted by atomic mass is 16.5. The number of ether oxygens (including phenoxy) is 2. The zero-order chi connectivity index (χ0) is 14.3. The molecule has 0 bridgehead atoms. The SMILES string of the molecule is C.CCOC(=O)CC1CCc2c(C)c(C)c3c(c21)CCO3. The molecule has 2 aliphatic rings. The summed E-state index contributed by atoms with van der Waals surface area (Å²) in [6, 6.07) is 0. The Labute approximate surface area is 127 Å². The van der Waals surface area contributed by atoms with Crippen molar-refractivity contribution in [1.82, 2.24) is 0 Å². The third kappa shape index (κ3) is 2.54. The van der Waals surface area contributed by atoms with E-state index in [0.29, 0.717) is 18.9 Å².